The van der Waals surface area contributed by atoms with Crippen LogP contribution in [0.1, 0.15) is 30.0 Å². The third-order valence-electron chi connectivity index (χ3n) is 4.77. The van der Waals surface area contributed by atoms with Gasteiger partial charge >= 0.3 is 6.18 Å². The lowest BCUT2D eigenvalue weighted by Gasteiger charge is -2.35. The molecule has 1 amide bonds. The van der Waals surface area contributed by atoms with Crippen LogP contribution in [-0.2, 0) is 11.0 Å². The van der Waals surface area contributed by atoms with Crippen LogP contribution in [0.3, 0.4) is 0 Å². The van der Waals surface area contributed by atoms with Crippen LogP contribution in [0.2, 0.25) is 5.02 Å². The summed E-state index contributed by atoms with van der Waals surface area (Å²) in [5, 5.41) is 11.9. The summed E-state index contributed by atoms with van der Waals surface area (Å²) in [5.41, 5.74) is -0.231. The number of alkyl halides is 3. The number of carbonyl (C=O) groups excluding carboxylic acids is 1. The topological polar surface area (TPSA) is 52.6 Å². The molecular formula is C20H20ClF3N2O2. The Kier molecular flexibility index (Phi) is 6.27. The number of aliphatic hydroxyl groups is 1. The van der Waals surface area contributed by atoms with Gasteiger partial charge in [-0.1, -0.05) is 41.9 Å². The molecule has 150 valence electrons. The van der Waals surface area contributed by atoms with Gasteiger partial charge in [-0.3, -0.25) is 9.69 Å². The highest BCUT2D eigenvalue weighted by Gasteiger charge is 2.34. The van der Waals surface area contributed by atoms with Gasteiger partial charge in [-0.2, -0.15) is 13.2 Å². The van der Waals surface area contributed by atoms with E-state index in [0.29, 0.717) is 25.9 Å². The Balaban J connectivity index is 1.86. The van der Waals surface area contributed by atoms with Gasteiger partial charge in [-0.25, -0.2) is 0 Å². The number of nitrogens with zero attached hydrogens (tertiary/aromatic N) is 1. The molecule has 3 rings (SSSR count). The first-order valence-electron chi connectivity index (χ1n) is 8.90. The summed E-state index contributed by atoms with van der Waals surface area (Å²) in [7, 11) is 0. The van der Waals surface area contributed by atoms with Crippen molar-refractivity contribution in [1.82, 2.24) is 4.90 Å². The van der Waals surface area contributed by atoms with E-state index in [1.54, 1.807) is 24.3 Å². The van der Waals surface area contributed by atoms with Gasteiger partial charge in [0.15, 0.2) is 0 Å². The summed E-state index contributed by atoms with van der Waals surface area (Å²) in [6.07, 6.45) is -3.94. The fourth-order valence-electron chi connectivity index (χ4n) is 3.34. The number of nitrogens with one attached hydrogen (secondary N) is 1. The van der Waals surface area contributed by atoms with E-state index in [2.05, 4.69) is 5.32 Å². The predicted octanol–water partition coefficient (Wildman–Crippen LogP) is 4.50. The predicted molar refractivity (Wildman–Crippen MR) is 101 cm³/mol. The van der Waals surface area contributed by atoms with Crippen LogP contribution >= 0.6 is 11.6 Å². The summed E-state index contributed by atoms with van der Waals surface area (Å²) in [6.45, 7) is 1.03. The average molecular weight is 413 g/mol. The molecule has 8 heteroatoms. The zero-order valence-corrected chi connectivity index (χ0v) is 15.7. The number of carbonyl (C=O) groups is 1. The Morgan fingerprint density at radius 2 is 1.79 bits per heavy atom. The molecule has 0 spiro atoms. The molecule has 1 heterocycles. The van der Waals surface area contributed by atoms with Crippen molar-refractivity contribution in [3.63, 3.8) is 0 Å². The van der Waals surface area contributed by atoms with Gasteiger partial charge in [0.05, 0.1) is 16.7 Å². The first-order valence-corrected chi connectivity index (χ1v) is 9.28. The Morgan fingerprint density at radius 1 is 1.14 bits per heavy atom. The first kappa shape index (κ1) is 20.6. The van der Waals surface area contributed by atoms with Crippen LogP contribution < -0.4 is 5.32 Å². The number of hydrogen-bond donors (Lipinski definition) is 2. The zero-order chi connectivity index (χ0) is 20.3. The van der Waals surface area contributed by atoms with E-state index in [9.17, 15) is 23.1 Å². The molecule has 2 aromatic carbocycles. The average Bonchev–Trinajstić information content (AvgIpc) is 2.65. The van der Waals surface area contributed by atoms with Crippen LogP contribution in [0, 0.1) is 0 Å². The van der Waals surface area contributed by atoms with E-state index in [4.69, 9.17) is 11.6 Å². The summed E-state index contributed by atoms with van der Waals surface area (Å²) in [4.78, 5) is 14.9. The molecule has 0 aliphatic carbocycles. The quantitative estimate of drug-likeness (QED) is 0.777. The minimum Gasteiger partial charge on any atom is -0.393 e. The molecule has 0 bridgehead atoms. The van der Waals surface area contributed by atoms with Gasteiger partial charge in [0, 0.05) is 18.8 Å². The Hall–Kier alpha value is -2.09. The monoisotopic (exact) mass is 412 g/mol. The number of hydrogen-bond acceptors (Lipinski definition) is 3. The highest BCUT2D eigenvalue weighted by atomic mass is 35.5. The number of halogens is 4. The van der Waals surface area contributed by atoms with E-state index in [1.807, 2.05) is 11.0 Å². The standard InChI is InChI=1S/C20H20ClF3N2O2/c21-17-7-6-14(12-16(17)20(22,23)24)25-19(28)18(13-4-2-1-3-5-13)26-10-8-15(27)9-11-26/h1-7,12,15,18,27H,8-11H2,(H,25,28). The second-order valence-corrected chi connectivity index (χ2v) is 7.17. The highest BCUT2D eigenvalue weighted by Crippen LogP contribution is 2.36. The smallest absolute Gasteiger partial charge is 0.393 e. The number of rotatable bonds is 4. The van der Waals surface area contributed by atoms with Crippen molar-refractivity contribution in [2.45, 2.75) is 31.2 Å². The van der Waals surface area contributed by atoms with Crippen molar-refractivity contribution in [3.05, 3.63) is 64.7 Å². The number of benzene rings is 2. The molecule has 1 unspecified atom stereocenters. The van der Waals surface area contributed by atoms with E-state index in [1.165, 1.54) is 6.07 Å². The van der Waals surface area contributed by atoms with Crippen molar-refractivity contribution in [2.75, 3.05) is 18.4 Å². The van der Waals surface area contributed by atoms with Crippen LogP contribution in [0.15, 0.2) is 48.5 Å². The minimum atomic E-state index is -4.61. The van der Waals surface area contributed by atoms with Crippen molar-refractivity contribution < 1.29 is 23.1 Å². The maximum Gasteiger partial charge on any atom is 0.417 e. The van der Waals surface area contributed by atoms with Gasteiger partial charge in [-0.05, 0) is 36.6 Å². The molecule has 1 atom stereocenters. The maximum atomic E-state index is 13.1. The Bertz CT molecular complexity index is 822. The molecule has 0 aromatic heterocycles. The second-order valence-electron chi connectivity index (χ2n) is 6.76. The SMILES string of the molecule is O=C(Nc1ccc(Cl)c(C(F)(F)F)c1)C(c1ccccc1)N1CCC(O)CC1. The van der Waals surface area contributed by atoms with Gasteiger partial charge in [0.25, 0.3) is 0 Å². The van der Waals surface area contributed by atoms with Crippen LogP contribution in [0.5, 0.6) is 0 Å². The Morgan fingerprint density at radius 3 is 2.39 bits per heavy atom. The largest absolute Gasteiger partial charge is 0.417 e. The molecule has 2 aromatic rings. The molecule has 2 N–H and O–H groups in total. The maximum absolute atomic E-state index is 13.1. The normalized spacial score (nSPS) is 17.3. The summed E-state index contributed by atoms with van der Waals surface area (Å²) < 4.78 is 39.3. The van der Waals surface area contributed by atoms with E-state index in [-0.39, 0.29) is 5.69 Å². The van der Waals surface area contributed by atoms with Gasteiger partial charge in [0.1, 0.15) is 6.04 Å². The number of amides is 1. The summed E-state index contributed by atoms with van der Waals surface area (Å²) in [6, 6.07) is 11.7. The number of piperidine rings is 1. The highest BCUT2D eigenvalue weighted by molar-refractivity contribution is 6.31. The molecule has 1 aliphatic rings. The molecular weight excluding hydrogens is 393 g/mol. The molecule has 1 saturated heterocycles. The number of anilines is 1. The number of aliphatic hydroxyl groups excluding tert-OH is 1. The third kappa shape index (κ3) is 4.84. The lowest BCUT2D eigenvalue weighted by atomic mass is 9.99. The molecule has 28 heavy (non-hydrogen) atoms. The van der Waals surface area contributed by atoms with Crippen molar-refractivity contribution in [3.8, 4) is 0 Å². The first-order chi connectivity index (χ1) is 13.3. The van der Waals surface area contributed by atoms with E-state index >= 15 is 0 Å². The minimum absolute atomic E-state index is 0.0275. The fraction of sp³-hybridized carbons (Fsp3) is 0.350. The second kappa shape index (κ2) is 8.51. The zero-order valence-electron chi connectivity index (χ0n) is 14.9. The number of likely N-dealkylation sites (tertiary alicyclic amines) is 1. The molecule has 0 saturated carbocycles. The van der Waals surface area contributed by atoms with E-state index in [0.717, 1.165) is 17.7 Å². The van der Waals surface area contributed by atoms with E-state index < -0.39 is 34.8 Å². The van der Waals surface area contributed by atoms with Crippen molar-refractivity contribution in [2.24, 2.45) is 0 Å². The van der Waals surface area contributed by atoms with Crippen molar-refractivity contribution in [1.29, 1.82) is 0 Å². The van der Waals surface area contributed by atoms with Gasteiger partial charge in [-0.15, -0.1) is 0 Å². The molecule has 1 fully saturated rings. The van der Waals surface area contributed by atoms with Gasteiger partial charge < -0.3 is 10.4 Å². The summed E-state index contributed by atoms with van der Waals surface area (Å²) >= 11 is 5.65. The van der Waals surface area contributed by atoms with Gasteiger partial charge in [0.2, 0.25) is 5.91 Å². The van der Waals surface area contributed by atoms with Crippen LogP contribution in [-0.4, -0.2) is 35.1 Å². The lowest BCUT2D eigenvalue weighted by Crippen LogP contribution is -2.43. The van der Waals surface area contributed by atoms with Crippen LogP contribution in [0.4, 0.5) is 18.9 Å². The third-order valence-corrected chi connectivity index (χ3v) is 5.10. The molecule has 4 nitrogen and oxygen atoms in total. The Labute approximate surface area is 165 Å². The summed E-state index contributed by atoms with van der Waals surface area (Å²) in [5.74, 6) is -0.432. The molecule has 1 aliphatic heterocycles. The lowest BCUT2D eigenvalue weighted by molar-refractivity contribution is -0.137. The fourth-order valence-corrected chi connectivity index (χ4v) is 3.56. The molecule has 0 radical (unpaired) electrons. The van der Waals surface area contributed by atoms with Crippen molar-refractivity contribution >= 4 is 23.2 Å². The van der Waals surface area contributed by atoms with Crippen LogP contribution in [0.25, 0.3) is 0 Å².